The maximum absolute atomic E-state index is 12.6. The van der Waals surface area contributed by atoms with Gasteiger partial charge in [-0.1, -0.05) is 35.6 Å². The lowest BCUT2D eigenvalue weighted by Crippen LogP contribution is -2.31. The summed E-state index contributed by atoms with van der Waals surface area (Å²) in [5, 5.41) is 5.32. The molecule has 4 heterocycles. The molecule has 27 heavy (non-hydrogen) atoms. The van der Waals surface area contributed by atoms with Gasteiger partial charge in [-0.05, 0) is 36.5 Å². The summed E-state index contributed by atoms with van der Waals surface area (Å²) in [6, 6.07) is 9.80. The molecule has 6 nitrogen and oxygen atoms in total. The minimum atomic E-state index is -0.120. The first-order chi connectivity index (χ1) is 13.3. The molecule has 2 aliphatic rings. The van der Waals surface area contributed by atoms with E-state index in [9.17, 15) is 4.79 Å². The minimum Gasteiger partial charge on any atom is -0.356 e. The molecule has 0 amide bonds. The summed E-state index contributed by atoms with van der Waals surface area (Å²) >= 11 is 1.45. The van der Waals surface area contributed by atoms with E-state index in [0.717, 1.165) is 60.0 Å². The number of nitrogens with zero attached hydrogens (tertiary/aromatic N) is 5. The van der Waals surface area contributed by atoms with Gasteiger partial charge >= 0.3 is 0 Å². The molecule has 1 saturated heterocycles. The zero-order valence-electron chi connectivity index (χ0n) is 14.8. The van der Waals surface area contributed by atoms with Crippen LogP contribution in [0.4, 0.5) is 5.82 Å². The van der Waals surface area contributed by atoms with Crippen LogP contribution in [0.5, 0.6) is 0 Å². The van der Waals surface area contributed by atoms with E-state index in [1.165, 1.54) is 22.3 Å². The maximum Gasteiger partial charge on any atom is 0.277 e. The van der Waals surface area contributed by atoms with Crippen molar-refractivity contribution in [1.82, 2.24) is 14.6 Å². The van der Waals surface area contributed by atoms with Gasteiger partial charge in [0, 0.05) is 30.9 Å². The number of hydrogen-bond donors (Lipinski definition) is 0. The van der Waals surface area contributed by atoms with E-state index in [-0.39, 0.29) is 5.56 Å². The molecule has 0 atom stereocenters. The summed E-state index contributed by atoms with van der Waals surface area (Å²) in [5.41, 5.74) is 3.11. The van der Waals surface area contributed by atoms with E-state index in [0.29, 0.717) is 4.96 Å². The third kappa shape index (κ3) is 3.08. The Morgan fingerprint density at radius 3 is 2.70 bits per heavy atom. The monoisotopic (exact) mass is 377 g/mol. The van der Waals surface area contributed by atoms with Gasteiger partial charge in [-0.15, -0.1) is 0 Å². The topological polar surface area (TPSA) is 62.9 Å². The summed E-state index contributed by atoms with van der Waals surface area (Å²) in [4.78, 5) is 24.4. The standard InChI is InChI=1S/C20H19N5OS/c26-18-12-17(24-9-2-1-3-10-24)22-20-25(18)23-19(27-20)15-6-4-5-14(11-15)16-7-8-21-13-16/h4-7,11-13H,1-3,8-10H2. The van der Waals surface area contributed by atoms with E-state index >= 15 is 0 Å². The van der Waals surface area contributed by atoms with E-state index in [2.05, 4.69) is 33.2 Å². The zero-order chi connectivity index (χ0) is 18.2. The van der Waals surface area contributed by atoms with Gasteiger partial charge in [0.25, 0.3) is 5.56 Å². The van der Waals surface area contributed by atoms with E-state index < -0.39 is 0 Å². The molecule has 2 aliphatic heterocycles. The fourth-order valence-corrected chi connectivity index (χ4v) is 4.48. The Morgan fingerprint density at radius 1 is 1.04 bits per heavy atom. The second-order valence-electron chi connectivity index (χ2n) is 6.84. The molecule has 0 bridgehead atoms. The van der Waals surface area contributed by atoms with Crippen LogP contribution < -0.4 is 10.5 Å². The van der Waals surface area contributed by atoms with Crippen molar-refractivity contribution in [2.45, 2.75) is 19.3 Å². The Bertz CT molecular complexity index is 1120. The first-order valence-electron chi connectivity index (χ1n) is 9.25. The highest BCUT2D eigenvalue weighted by Crippen LogP contribution is 2.28. The molecule has 2 aromatic heterocycles. The van der Waals surface area contributed by atoms with Crippen LogP contribution in [0.3, 0.4) is 0 Å². The largest absolute Gasteiger partial charge is 0.356 e. The lowest BCUT2D eigenvalue weighted by molar-refractivity contribution is 0.573. The molecule has 5 rings (SSSR count). The second kappa shape index (κ2) is 6.74. The highest BCUT2D eigenvalue weighted by molar-refractivity contribution is 7.19. The Balaban J connectivity index is 1.55. The van der Waals surface area contributed by atoms with E-state index in [4.69, 9.17) is 4.98 Å². The van der Waals surface area contributed by atoms with Crippen LogP contribution in [0.2, 0.25) is 0 Å². The predicted octanol–water partition coefficient (Wildman–Crippen LogP) is 3.28. The van der Waals surface area contributed by atoms with Crippen LogP contribution in [-0.4, -0.2) is 40.4 Å². The van der Waals surface area contributed by atoms with Crippen LogP contribution in [0, 0.1) is 0 Å². The number of rotatable bonds is 3. The van der Waals surface area contributed by atoms with Crippen LogP contribution in [0.25, 0.3) is 21.1 Å². The van der Waals surface area contributed by atoms with Gasteiger partial charge in [-0.3, -0.25) is 9.79 Å². The molecule has 1 fully saturated rings. The Morgan fingerprint density at radius 2 is 1.89 bits per heavy atom. The van der Waals surface area contributed by atoms with Crippen LogP contribution in [0.1, 0.15) is 24.8 Å². The van der Waals surface area contributed by atoms with Crippen molar-refractivity contribution in [3.8, 4) is 10.6 Å². The number of allylic oxidation sites excluding steroid dienone is 1. The van der Waals surface area contributed by atoms with Crippen molar-refractivity contribution in [2.75, 3.05) is 24.5 Å². The molecule has 3 aromatic rings. The number of benzene rings is 1. The number of aliphatic imine (C=N–C) groups is 1. The van der Waals surface area contributed by atoms with Gasteiger partial charge in [-0.2, -0.15) is 9.61 Å². The zero-order valence-corrected chi connectivity index (χ0v) is 15.7. The average molecular weight is 377 g/mol. The van der Waals surface area contributed by atoms with Gasteiger partial charge < -0.3 is 4.90 Å². The molecular weight excluding hydrogens is 358 g/mol. The second-order valence-corrected chi connectivity index (χ2v) is 7.79. The SMILES string of the molecule is O=c1cc(N2CCCCC2)nc2sc(-c3cccc(C4=CCN=C4)c3)nn12. The van der Waals surface area contributed by atoms with Crippen LogP contribution in [-0.2, 0) is 0 Å². The van der Waals surface area contributed by atoms with Crippen molar-refractivity contribution < 1.29 is 0 Å². The lowest BCUT2D eigenvalue weighted by atomic mass is 10.0. The summed E-state index contributed by atoms with van der Waals surface area (Å²) in [5.74, 6) is 0.774. The summed E-state index contributed by atoms with van der Waals surface area (Å²) in [6.45, 7) is 2.67. The van der Waals surface area contributed by atoms with Crippen molar-refractivity contribution in [2.24, 2.45) is 4.99 Å². The third-order valence-corrected chi connectivity index (χ3v) is 5.96. The molecule has 0 aliphatic carbocycles. The molecule has 7 heteroatoms. The molecule has 0 spiro atoms. The summed E-state index contributed by atoms with van der Waals surface area (Å²) in [7, 11) is 0. The maximum atomic E-state index is 12.6. The summed E-state index contributed by atoms with van der Waals surface area (Å²) < 4.78 is 1.41. The number of piperidine rings is 1. The van der Waals surface area contributed by atoms with Crippen LogP contribution in [0.15, 0.2) is 46.2 Å². The van der Waals surface area contributed by atoms with Crippen molar-refractivity contribution in [3.63, 3.8) is 0 Å². The number of anilines is 1. The fourth-order valence-electron chi connectivity index (χ4n) is 3.58. The fraction of sp³-hybridized carbons (Fsp3) is 0.300. The third-order valence-electron chi connectivity index (χ3n) is 5.00. The van der Waals surface area contributed by atoms with Crippen LogP contribution >= 0.6 is 11.3 Å². The Labute approximate surface area is 160 Å². The highest BCUT2D eigenvalue weighted by atomic mass is 32.1. The summed E-state index contributed by atoms with van der Waals surface area (Å²) in [6.07, 6.45) is 7.56. The molecule has 0 unspecified atom stereocenters. The molecule has 0 radical (unpaired) electrons. The number of hydrogen-bond acceptors (Lipinski definition) is 6. The smallest absolute Gasteiger partial charge is 0.277 e. The van der Waals surface area contributed by atoms with E-state index in [1.54, 1.807) is 6.07 Å². The first-order valence-corrected chi connectivity index (χ1v) is 10.1. The van der Waals surface area contributed by atoms with Crippen molar-refractivity contribution in [3.05, 3.63) is 52.3 Å². The Kier molecular flexibility index (Phi) is 4.09. The van der Waals surface area contributed by atoms with E-state index in [1.807, 2.05) is 18.3 Å². The first kappa shape index (κ1) is 16.4. The lowest BCUT2D eigenvalue weighted by Gasteiger charge is -2.27. The predicted molar refractivity (Wildman–Crippen MR) is 110 cm³/mol. The van der Waals surface area contributed by atoms with Gasteiger partial charge in [0.1, 0.15) is 10.8 Å². The molecule has 0 saturated carbocycles. The number of fused-ring (bicyclic) bond motifs is 1. The van der Waals surface area contributed by atoms with Crippen molar-refractivity contribution >= 4 is 33.9 Å². The van der Waals surface area contributed by atoms with Gasteiger partial charge in [0.2, 0.25) is 4.96 Å². The minimum absolute atomic E-state index is 0.120. The molecule has 0 N–H and O–H groups in total. The molecule has 136 valence electrons. The normalized spacial score (nSPS) is 16.9. The molecular formula is C20H19N5OS. The van der Waals surface area contributed by atoms with Gasteiger partial charge in [-0.25, -0.2) is 4.98 Å². The average Bonchev–Trinajstić information content (AvgIpc) is 3.39. The van der Waals surface area contributed by atoms with Gasteiger partial charge in [0.05, 0.1) is 6.54 Å². The van der Waals surface area contributed by atoms with Crippen molar-refractivity contribution in [1.29, 1.82) is 0 Å². The highest BCUT2D eigenvalue weighted by Gasteiger charge is 2.16. The number of aromatic nitrogens is 3. The quantitative estimate of drug-likeness (QED) is 0.703. The molecule has 1 aromatic carbocycles. The van der Waals surface area contributed by atoms with Gasteiger partial charge in [0.15, 0.2) is 0 Å². The Hall–Kier alpha value is -2.80.